The Balaban J connectivity index is 1.57. The van der Waals surface area contributed by atoms with Crippen molar-refractivity contribution in [3.8, 4) is 0 Å². The molecule has 4 aromatic carbocycles. The molecule has 4 aromatic rings. The quantitative estimate of drug-likeness (QED) is 0.162. The van der Waals surface area contributed by atoms with Crippen LogP contribution >= 0.6 is 27.5 Å². The lowest BCUT2D eigenvalue weighted by Gasteiger charge is -2.34. The lowest BCUT2D eigenvalue weighted by molar-refractivity contribution is -0.140. The van der Waals surface area contributed by atoms with Crippen LogP contribution in [0.15, 0.2) is 106 Å². The van der Waals surface area contributed by atoms with Crippen molar-refractivity contribution >= 4 is 55.1 Å². The molecule has 10 heteroatoms. The molecule has 0 bridgehead atoms. The van der Waals surface area contributed by atoms with Crippen LogP contribution in [0.5, 0.6) is 0 Å². The maximum Gasteiger partial charge on any atom is 0.264 e. The van der Waals surface area contributed by atoms with Crippen LogP contribution in [0.25, 0.3) is 0 Å². The van der Waals surface area contributed by atoms with Gasteiger partial charge in [-0.1, -0.05) is 107 Å². The predicted octanol–water partition coefficient (Wildman–Crippen LogP) is 7.61. The fourth-order valence-electron chi connectivity index (χ4n) is 5.81. The van der Waals surface area contributed by atoms with Gasteiger partial charge in [0.15, 0.2) is 0 Å². The molecule has 0 radical (unpaired) electrons. The molecule has 0 heterocycles. The molecule has 5 rings (SSSR count). The van der Waals surface area contributed by atoms with E-state index in [2.05, 4.69) is 21.2 Å². The lowest BCUT2D eigenvalue weighted by atomic mass is 10.0. The Morgan fingerprint density at radius 1 is 0.894 bits per heavy atom. The second-order valence-electron chi connectivity index (χ2n) is 12.1. The number of halogens is 2. The van der Waals surface area contributed by atoms with Crippen LogP contribution in [0.4, 0.5) is 5.69 Å². The number of hydrogen-bond acceptors (Lipinski definition) is 4. The molecule has 1 N–H and O–H groups in total. The molecule has 0 unspecified atom stereocenters. The fourth-order valence-corrected chi connectivity index (χ4v) is 7.66. The lowest BCUT2D eigenvalue weighted by Crippen LogP contribution is -2.54. The van der Waals surface area contributed by atoms with Crippen molar-refractivity contribution in [2.24, 2.45) is 0 Å². The average molecular weight is 737 g/mol. The largest absolute Gasteiger partial charge is 0.352 e. The molecule has 0 aliphatic heterocycles. The van der Waals surface area contributed by atoms with Gasteiger partial charge in [0, 0.05) is 28.5 Å². The Labute approximate surface area is 291 Å². The summed E-state index contributed by atoms with van der Waals surface area (Å²) in [6.07, 6.45) is 4.13. The third-order valence-corrected chi connectivity index (χ3v) is 11.3. The second-order valence-corrected chi connectivity index (χ2v) is 15.3. The standard InChI is InChI=1S/C37H39BrClN3O4S/c1-26-12-20-33(21-13-26)47(45,46)42(32-19-14-27(2)34(39)23-32)25-36(43)41(24-29-15-17-30(38)18-16-29)35(22-28-8-4-3-5-9-28)37(44)40-31-10-6-7-11-31/h3-5,8-9,12-21,23,31,35H,6-7,10-11,22,24-25H2,1-2H3,(H,40,44)/t35-/m1/s1. The number of nitrogens with zero attached hydrogens (tertiary/aromatic N) is 2. The monoisotopic (exact) mass is 735 g/mol. The Morgan fingerprint density at radius 2 is 1.55 bits per heavy atom. The van der Waals surface area contributed by atoms with Gasteiger partial charge in [-0.2, -0.15) is 0 Å². The van der Waals surface area contributed by atoms with E-state index in [1.54, 1.807) is 30.3 Å². The molecule has 1 aliphatic carbocycles. The number of sulfonamides is 1. The molecule has 2 amide bonds. The topological polar surface area (TPSA) is 86.8 Å². The number of nitrogens with one attached hydrogen (secondary N) is 1. The smallest absolute Gasteiger partial charge is 0.264 e. The van der Waals surface area contributed by atoms with Gasteiger partial charge in [0.05, 0.1) is 10.6 Å². The molecule has 7 nitrogen and oxygen atoms in total. The number of aryl methyl sites for hydroxylation is 2. The molecular formula is C37H39BrClN3O4S. The Bertz CT molecular complexity index is 1800. The first-order chi connectivity index (χ1) is 22.5. The van der Waals surface area contributed by atoms with E-state index in [4.69, 9.17) is 11.6 Å². The van der Waals surface area contributed by atoms with Gasteiger partial charge in [0.1, 0.15) is 12.6 Å². The summed E-state index contributed by atoms with van der Waals surface area (Å²) in [6, 6.07) is 27.7. The van der Waals surface area contributed by atoms with E-state index in [9.17, 15) is 18.0 Å². The van der Waals surface area contributed by atoms with Gasteiger partial charge in [0.25, 0.3) is 10.0 Å². The molecule has 0 aromatic heterocycles. The summed E-state index contributed by atoms with van der Waals surface area (Å²) in [5, 5.41) is 3.58. The normalized spacial score (nSPS) is 14.0. The van der Waals surface area contributed by atoms with E-state index in [0.717, 1.165) is 56.7 Å². The fraction of sp³-hybridized carbons (Fsp3) is 0.297. The van der Waals surface area contributed by atoms with Crippen molar-refractivity contribution in [3.63, 3.8) is 0 Å². The molecule has 1 atom stereocenters. The van der Waals surface area contributed by atoms with Crippen molar-refractivity contribution < 1.29 is 18.0 Å². The van der Waals surface area contributed by atoms with Crippen LogP contribution in [0.1, 0.15) is 47.9 Å². The van der Waals surface area contributed by atoms with Crippen molar-refractivity contribution in [2.75, 3.05) is 10.8 Å². The Hall–Kier alpha value is -3.66. The van der Waals surface area contributed by atoms with Crippen molar-refractivity contribution in [1.29, 1.82) is 0 Å². The summed E-state index contributed by atoms with van der Waals surface area (Å²) in [6.45, 7) is 3.27. The maximum absolute atomic E-state index is 14.7. The number of rotatable bonds is 12. The van der Waals surface area contributed by atoms with Crippen molar-refractivity contribution in [3.05, 3.63) is 129 Å². The number of carbonyl (C=O) groups excluding carboxylic acids is 2. The Morgan fingerprint density at radius 3 is 2.19 bits per heavy atom. The van der Waals surface area contributed by atoms with E-state index in [1.807, 2.05) is 68.4 Å². The summed E-state index contributed by atoms with van der Waals surface area (Å²) >= 11 is 9.96. The number of anilines is 1. The minimum absolute atomic E-state index is 0.0403. The van der Waals surface area contributed by atoms with Crippen LogP contribution in [0, 0.1) is 13.8 Å². The highest BCUT2D eigenvalue weighted by atomic mass is 79.9. The SMILES string of the molecule is Cc1ccc(S(=O)(=O)N(CC(=O)N(Cc2ccc(Br)cc2)[C@H](Cc2ccccc2)C(=O)NC2CCCC2)c2ccc(C)c(Cl)c2)cc1. The minimum atomic E-state index is -4.21. The van der Waals surface area contributed by atoms with E-state index < -0.39 is 28.5 Å². The number of benzene rings is 4. The number of hydrogen-bond donors (Lipinski definition) is 1. The highest BCUT2D eigenvalue weighted by Gasteiger charge is 2.35. The van der Waals surface area contributed by atoms with Crippen LogP contribution in [-0.2, 0) is 32.6 Å². The van der Waals surface area contributed by atoms with E-state index in [1.165, 1.54) is 17.0 Å². The van der Waals surface area contributed by atoms with Gasteiger partial charge in [-0.25, -0.2) is 8.42 Å². The number of amides is 2. The highest BCUT2D eigenvalue weighted by molar-refractivity contribution is 9.10. The highest BCUT2D eigenvalue weighted by Crippen LogP contribution is 2.29. The average Bonchev–Trinajstić information content (AvgIpc) is 3.57. The third kappa shape index (κ3) is 8.83. The maximum atomic E-state index is 14.7. The molecule has 1 aliphatic rings. The zero-order valence-corrected chi connectivity index (χ0v) is 29.7. The van der Waals surface area contributed by atoms with Crippen LogP contribution in [0.3, 0.4) is 0 Å². The first kappa shape index (κ1) is 34.7. The molecule has 1 saturated carbocycles. The summed E-state index contributed by atoms with van der Waals surface area (Å²) in [5.41, 5.74) is 3.63. The molecule has 1 fully saturated rings. The van der Waals surface area contributed by atoms with Crippen molar-refractivity contribution in [1.82, 2.24) is 10.2 Å². The van der Waals surface area contributed by atoms with E-state index in [-0.39, 0.29) is 35.5 Å². The molecule has 0 saturated heterocycles. The summed E-state index contributed by atoms with van der Waals surface area (Å²) in [5.74, 6) is -0.764. The van der Waals surface area contributed by atoms with Gasteiger partial charge in [0.2, 0.25) is 11.8 Å². The van der Waals surface area contributed by atoms with Gasteiger partial charge >= 0.3 is 0 Å². The van der Waals surface area contributed by atoms with Crippen LogP contribution < -0.4 is 9.62 Å². The molecule has 246 valence electrons. The molecular weight excluding hydrogens is 698 g/mol. The minimum Gasteiger partial charge on any atom is -0.352 e. The third-order valence-electron chi connectivity index (χ3n) is 8.57. The summed E-state index contributed by atoms with van der Waals surface area (Å²) in [7, 11) is -4.21. The first-order valence-electron chi connectivity index (χ1n) is 15.7. The van der Waals surface area contributed by atoms with E-state index in [0.29, 0.717) is 5.02 Å². The molecule has 0 spiro atoms. The number of carbonyl (C=O) groups is 2. The predicted molar refractivity (Wildman–Crippen MR) is 191 cm³/mol. The van der Waals surface area contributed by atoms with Crippen molar-refractivity contribution in [2.45, 2.75) is 69.5 Å². The molecule has 47 heavy (non-hydrogen) atoms. The zero-order chi connectivity index (χ0) is 33.6. The van der Waals surface area contributed by atoms with E-state index >= 15 is 0 Å². The first-order valence-corrected chi connectivity index (χ1v) is 18.4. The summed E-state index contributed by atoms with van der Waals surface area (Å²) < 4.78 is 30.5. The zero-order valence-electron chi connectivity index (χ0n) is 26.5. The second kappa shape index (κ2) is 15.5. The Kier molecular flexibility index (Phi) is 11.4. The summed E-state index contributed by atoms with van der Waals surface area (Å²) in [4.78, 5) is 30.3. The van der Waals surface area contributed by atoms with Gasteiger partial charge in [-0.15, -0.1) is 0 Å². The van der Waals surface area contributed by atoms with Gasteiger partial charge < -0.3 is 10.2 Å². The van der Waals surface area contributed by atoms with Gasteiger partial charge in [-0.3, -0.25) is 13.9 Å². The van der Waals surface area contributed by atoms with Crippen LogP contribution in [0.2, 0.25) is 5.02 Å². The van der Waals surface area contributed by atoms with Crippen LogP contribution in [-0.4, -0.2) is 43.8 Å². The van der Waals surface area contributed by atoms with Gasteiger partial charge in [-0.05, 0) is 79.8 Å².